The number of nitrogens with zero attached hydrogens (tertiary/aromatic N) is 1. The number of carbonyl (C=O) groups excluding carboxylic acids is 1. The van der Waals surface area contributed by atoms with Crippen molar-refractivity contribution < 1.29 is 14.3 Å². The quantitative estimate of drug-likeness (QED) is 0.673. The molecule has 1 unspecified atom stereocenters. The molecule has 0 bridgehead atoms. The van der Waals surface area contributed by atoms with E-state index in [1.807, 2.05) is 0 Å². The Bertz CT molecular complexity index is 271. The molecule has 0 aromatic carbocycles. The van der Waals surface area contributed by atoms with E-state index < -0.39 is 0 Å². The monoisotopic (exact) mass is 225 g/mol. The summed E-state index contributed by atoms with van der Waals surface area (Å²) < 4.78 is 10.6. The molecule has 2 aliphatic rings. The Kier molecular flexibility index (Phi) is 3.49. The lowest BCUT2D eigenvalue weighted by molar-refractivity contribution is -0.00210. The molecule has 2 heterocycles. The topological polar surface area (TPSA) is 38.8 Å². The summed E-state index contributed by atoms with van der Waals surface area (Å²) in [6, 6.07) is 0. The van der Waals surface area contributed by atoms with Crippen LogP contribution >= 0.6 is 0 Å². The molecule has 2 fully saturated rings. The minimum atomic E-state index is -0.220. The lowest BCUT2D eigenvalue weighted by atomic mass is 9.82. The molecule has 0 aliphatic carbocycles. The predicted molar refractivity (Wildman–Crippen MR) is 60.2 cm³/mol. The number of hydrogen-bond donors (Lipinski definition) is 0. The van der Waals surface area contributed by atoms with Crippen LogP contribution in [-0.2, 0) is 9.47 Å². The van der Waals surface area contributed by atoms with E-state index in [1.165, 1.54) is 0 Å². The highest BCUT2D eigenvalue weighted by atomic mass is 16.6. The summed E-state index contributed by atoms with van der Waals surface area (Å²) in [5.74, 6) is 0. The van der Waals surface area contributed by atoms with E-state index in [-0.39, 0.29) is 11.5 Å². The molecular weight excluding hydrogens is 206 g/mol. The van der Waals surface area contributed by atoms with Gasteiger partial charge >= 0.3 is 6.09 Å². The van der Waals surface area contributed by atoms with Crippen LogP contribution in [0.4, 0.5) is 4.79 Å². The van der Waals surface area contributed by atoms with Gasteiger partial charge < -0.3 is 14.4 Å². The summed E-state index contributed by atoms with van der Waals surface area (Å²) in [5, 5.41) is 0. The van der Waals surface area contributed by atoms with Crippen molar-refractivity contribution >= 4 is 6.09 Å². The summed E-state index contributed by atoms with van der Waals surface area (Å²) >= 11 is 0. The van der Waals surface area contributed by atoms with Crippen LogP contribution in [0.15, 0.2) is 12.7 Å². The van der Waals surface area contributed by atoms with Crippen molar-refractivity contribution in [3.63, 3.8) is 0 Å². The highest BCUT2D eigenvalue weighted by molar-refractivity contribution is 5.68. The first kappa shape index (κ1) is 11.5. The number of amides is 1. The maximum absolute atomic E-state index is 11.6. The van der Waals surface area contributed by atoms with E-state index in [4.69, 9.17) is 9.47 Å². The average molecular weight is 225 g/mol. The van der Waals surface area contributed by atoms with Gasteiger partial charge in [-0.15, -0.1) is 0 Å². The van der Waals surface area contributed by atoms with E-state index in [0.717, 1.165) is 45.6 Å². The highest BCUT2D eigenvalue weighted by Crippen LogP contribution is 2.38. The minimum absolute atomic E-state index is 0.200. The summed E-state index contributed by atoms with van der Waals surface area (Å²) in [7, 11) is 0. The van der Waals surface area contributed by atoms with Crippen LogP contribution in [0.5, 0.6) is 0 Å². The number of likely N-dealkylation sites (tertiary alicyclic amines) is 1. The zero-order valence-electron chi connectivity index (χ0n) is 9.61. The zero-order chi connectivity index (χ0) is 11.4. The summed E-state index contributed by atoms with van der Waals surface area (Å²) in [4.78, 5) is 13.4. The van der Waals surface area contributed by atoms with Crippen molar-refractivity contribution in [1.82, 2.24) is 4.90 Å². The van der Waals surface area contributed by atoms with E-state index in [2.05, 4.69) is 6.58 Å². The Balaban J connectivity index is 1.86. The maximum atomic E-state index is 11.6. The van der Waals surface area contributed by atoms with Gasteiger partial charge in [-0.1, -0.05) is 12.7 Å². The molecule has 0 radical (unpaired) electrons. The van der Waals surface area contributed by atoms with Crippen molar-refractivity contribution in [2.24, 2.45) is 5.41 Å². The molecule has 0 N–H and O–H groups in total. The van der Waals surface area contributed by atoms with Gasteiger partial charge in [-0.05, 0) is 19.3 Å². The highest BCUT2D eigenvalue weighted by Gasteiger charge is 2.41. The van der Waals surface area contributed by atoms with Crippen molar-refractivity contribution in [2.45, 2.75) is 19.3 Å². The fourth-order valence-corrected chi connectivity index (χ4v) is 2.54. The van der Waals surface area contributed by atoms with E-state index in [9.17, 15) is 4.79 Å². The van der Waals surface area contributed by atoms with E-state index >= 15 is 0 Å². The average Bonchev–Trinajstić information content (AvgIpc) is 2.71. The van der Waals surface area contributed by atoms with Crippen LogP contribution in [0.25, 0.3) is 0 Å². The van der Waals surface area contributed by atoms with Gasteiger partial charge in [0, 0.05) is 25.1 Å². The fraction of sp³-hybridized carbons (Fsp3) is 0.750. The van der Waals surface area contributed by atoms with Gasteiger partial charge in [-0.2, -0.15) is 0 Å². The molecule has 16 heavy (non-hydrogen) atoms. The molecule has 2 aliphatic heterocycles. The smallest absolute Gasteiger partial charge is 0.410 e. The number of carbonyl (C=O) groups is 1. The summed E-state index contributed by atoms with van der Waals surface area (Å²) in [6.45, 7) is 7.04. The molecule has 1 spiro atoms. The normalized spacial score (nSPS) is 29.4. The van der Waals surface area contributed by atoms with Gasteiger partial charge in [0.1, 0.15) is 6.61 Å². The Morgan fingerprint density at radius 2 is 2.44 bits per heavy atom. The van der Waals surface area contributed by atoms with E-state index in [1.54, 1.807) is 11.0 Å². The van der Waals surface area contributed by atoms with Crippen LogP contribution < -0.4 is 0 Å². The second-order valence-electron chi connectivity index (χ2n) is 4.69. The van der Waals surface area contributed by atoms with Gasteiger partial charge in [0.05, 0.1) is 6.61 Å². The van der Waals surface area contributed by atoms with Crippen molar-refractivity contribution in [3.8, 4) is 0 Å². The molecule has 0 aromatic heterocycles. The van der Waals surface area contributed by atoms with Crippen LogP contribution in [0.3, 0.4) is 0 Å². The third kappa shape index (κ3) is 2.38. The predicted octanol–water partition coefficient (Wildman–Crippen LogP) is 1.81. The molecule has 2 saturated heterocycles. The molecule has 4 nitrogen and oxygen atoms in total. The molecule has 1 amide bonds. The van der Waals surface area contributed by atoms with Crippen molar-refractivity contribution in [3.05, 3.63) is 12.7 Å². The number of rotatable bonds is 2. The third-order valence-corrected chi connectivity index (χ3v) is 3.43. The zero-order valence-corrected chi connectivity index (χ0v) is 9.61. The molecule has 90 valence electrons. The first-order valence-electron chi connectivity index (χ1n) is 5.86. The number of hydrogen-bond acceptors (Lipinski definition) is 3. The standard InChI is InChI=1S/C12H19NO3/c1-2-7-16-11(14)13-6-5-12(9-13)4-3-8-15-10-12/h2H,1,3-10H2. The molecule has 4 heteroatoms. The minimum Gasteiger partial charge on any atom is -0.445 e. The van der Waals surface area contributed by atoms with E-state index in [0.29, 0.717) is 6.61 Å². The van der Waals surface area contributed by atoms with Gasteiger partial charge in [0.15, 0.2) is 0 Å². The van der Waals surface area contributed by atoms with Crippen LogP contribution in [-0.4, -0.2) is 43.9 Å². The second-order valence-corrected chi connectivity index (χ2v) is 4.69. The van der Waals surface area contributed by atoms with Gasteiger partial charge in [0.25, 0.3) is 0 Å². The first-order chi connectivity index (χ1) is 7.76. The maximum Gasteiger partial charge on any atom is 0.410 e. The molecule has 2 rings (SSSR count). The lowest BCUT2D eigenvalue weighted by Crippen LogP contribution is -2.37. The summed E-state index contributed by atoms with van der Waals surface area (Å²) in [5.41, 5.74) is 0.200. The van der Waals surface area contributed by atoms with Gasteiger partial charge in [0.2, 0.25) is 0 Å². The lowest BCUT2D eigenvalue weighted by Gasteiger charge is -2.32. The fourth-order valence-electron chi connectivity index (χ4n) is 2.54. The molecule has 1 atom stereocenters. The summed E-state index contributed by atoms with van der Waals surface area (Å²) in [6.07, 6.45) is 4.68. The number of ether oxygens (including phenoxy) is 2. The Morgan fingerprint density at radius 3 is 3.12 bits per heavy atom. The SMILES string of the molecule is C=CCOC(=O)N1CCC2(CCCOC2)C1. The van der Waals surface area contributed by atoms with Crippen LogP contribution in [0.1, 0.15) is 19.3 Å². The molecule has 0 saturated carbocycles. The molecule has 0 aromatic rings. The Hall–Kier alpha value is -1.03. The van der Waals surface area contributed by atoms with Gasteiger partial charge in [-0.3, -0.25) is 0 Å². The largest absolute Gasteiger partial charge is 0.445 e. The van der Waals surface area contributed by atoms with Gasteiger partial charge in [-0.25, -0.2) is 4.79 Å². The second kappa shape index (κ2) is 4.87. The van der Waals surface area contributed by atoms with Crippen molar-refractivity contribution in [2.75, 3.05) is 32.9 Å². The molecular formula is C12H19NO3. The van der Waals surface area contributed by atoms with Crippen LogP contribution in [0.2, 0.25) is 0 Å². The van der Waals surface area contributed by atoms with Crippen molar-refractivity contribution in [1.29, 1.82) is 0 Å². The Morgan fingerprint density at radius 1 is 1.56 bits per heavy atom. The van der Waals surface area contributed by atoms with Crippen LogP contribution in [0, 0.1) is 5.41 Å². The third-order valence-electron chi connectivity index (χ3n) is 3.43. The first-order valence-corrected chi connectivity index (χ1v) is 5.86. The Labute approximate surface area is 96.2 Å².